The Morgan fingerprint density at radius 1 is 1.29 bits per heavy atom. The maximum Gasteiger partial charge on any atom is 0.356 e. The second-order valence-electron chi connectivity index (χ2n) is 5.67. The first-order valence-corrected chi connectivity index (χ1v) is 6.87. The first kappa shape index (κ1) is 12.5. The zero-order valence-electron chi connectivity index (χ0n) is 11.0. The fourth-order valence-electron chi connectivity index (χ4n) is 3.73. The molecule has 0 saturated heterocycles. The molecule has 2 aliphatic rings. The molecule has 4 rings (SSSR count). The van der Waals surface area contributed by atoms with Crippen LogP contribution in [0, 0.1) is 11.6 Å². The minimum atomic E-state index is -1.10. The Kier molecular flexibility index (Phi) is 2.46. The van der Waals surface area contributed by atoms with Gasteiger partial charge in [-0.1, -0.05) is 0 Å². The van der Waals surface area contributed by atoms with E-state index in [0.717, 1.165) is 42.7 Å². The number of carboxylic acids is 1. The summed E-state index contributed by atoms with van der Waals surface area (Å²) in [5, 5.41) is 13.4. The van der Waals surface area contributed by atoms with E-state index in [0.29, 0.717) is 0 Å². The van der Waals surface area contributed by atoms with Crippen molar-refractivity contribution in [3.05, 3.63) is 46.8 Å². The Morgan fingerprint density at radius 3 is 2.76 bits per heavy atom. The van der Waals surface area contributed by atoms with E-state index >= 15 is 0 Å². The van der Waals surface area contributed by atoms with Crippen LogP contribution in [0.5, 0.6) is 0 Å². The number of benzene rings is 1. The summed E-state index contributed by atoms with van der Waals surface area (Å²) in [6.45, 7) is 0. The molecule has 2 atom stereocenters. The van der Waals surface area contributed by atoms with Crippen molar-refractivity contribution >= 4 is 5.97 Å². The molecule has 2 aromatic rings. The van der Waals surface area contributed by atoms with E-state index in [1.807, 2.05) is 0 Å². The summed E-state index contributed by atoms with van der Waals surface area (Å²) in [6.07, 6.45) is 2.82. The first-order chi connectivity index (χ1) is 10.1. The topological polar surface area (TPSA) is 55.1 Å². The van der Waals surface area contributed by atoms with Crippen LogP contribution in [0.4, 0.5) is 8.78 Å². The second-order valence-corrected chi connectivity index (χ2v) is 5.67. The number of carboxylic acid groups (broad SMARTS) is 1. The summed E-state index contributed by atoms with van der Waals surface area (Å²) in [5.41, 5.74) is 1.63. The van der Waals surface area contributed by atoms with Crippen LogP contribution in [0.1, 0.15) is 52.8 Å². The number of carbonyl (C=O) groups is 1. The molecule has 1 saturated carbocycles. The number of hydrogen-bond donors (Lipinski definition) is 1. The van der Waals surface area contributed by atoms with E-state index in [1.165, 1.54) is 10.7 Å². The molecule has 0 amide bonds. The van der Waals surface area contributed by atoms with Gasteiger partial charge in [0.1, 0.15) is 11.5 Å². The van der Waals surface area contributed by atoms with Crippen LogP contribution >= 0.6 is 0 Å². The molecule has 1 heterocycles. The van der Waals surface area contributed by atoms with Gasteiger partial charge in [0.05, 0.1) is 5.69 Å². The maximum absolute atomic E-state index is 14.0. The molecular weight excluding hydrogens is 278 g/mol. The summed E-state index contributed by atoms with van der Waals surface area (Å²) < 4.78 is 28.4. The van der Waals surface area contributed by atoms with Crippen molar-refractivity contribution < 1.29 is 18.7 Å². The quantitative estimate of drug-likeness (QED) is 0.924. The van der Waals surface area contributed by atoms with Crippen molar-refractivity contribution in [2.45, 2.75) is 31.1 Å². The molecule has 6 heteroatoms. The SMILES string of the molecule is O=C(O)c1nn(-c2ccc(F)cc2F)c2c1C1CCC2C1. The van der Waals surface area contributed by atoms with Gasteiger partial charge in [-0.15, -0.1) is 0 Å². The van der Waals surface area contributed by atoms with Gasteiger partial charge in [-0.2, -0.15) is 5.10 Å². The number of aromatic carboxylic acids is 1. The van der Waals surface area contributed by atoms with Gasteiger partial charge in [-0.25, -0.2) is 18.3 Å². The number of rotatable bonds is 2. The Hall–Kier alpha value is -2.24. The van der Waals surface area contributed by atoms with Crippen LogP contribution in [0.3, 0.4) is 0 Å². The largest absolute Gasteiger partial charge is 0.476 e. The van der Waals surface area contributed by atoms with Crippen molar-refractivity contribution in [1.82, 2.24) is 9.78 Å². The smallest absolute Gasteiger partial charge is 0.356 e. The lowest BCUT2D eigenvalue weighted by Gasteiger charge is -2.14. The molecule has 2 unspecified atom stereocenters. The lowest BCUT2D eigenvalue weighted by atomic mass is 9.95. The molecule has 1 N–H and O–H groups in total. The van der Waals surface area contributed by atoms with E-state index in [-0.39, 0.29) is 23.2 Å². The average Bonchev–Trinajstić information content (AvgIpc) is 3.09. The number of halogens is 2. The lowest BCUT2D eigenvalue weighted by Crippen LogP contribution is -2.08. The Morgan fingerprint density at radius 2 is 2.05 bits per heavy atom. The molecule has 1 fully saturated rings. The summed E-state index contributed by atoms with van der Waals surface area (Å²) in [5.74, 6) is -2.08. The number of hydrogen-bond acceptors (Lipinski definition) is 2. The Bertz CT molecular complexity index is 769. The fourth-order valence-corrected chi connectivity index (χ4v) is 3.73. The highest BCUT2D eigenvalue weighted by Crippen LogP contribution is 2.54. The van der Waals surface area contributed by atoms with E-state index in [1.54, 1.807) is 0 Å². The fraction of sp³-hybridized carbons (Fsp3) is 0.333. The molecule has 21 heavy (non-hydrogen) atoms. The van der Waals surface area contributed by atoms with Crippen molar-refractivity contribution in [2.75, 3.05) is 0 Å². The van der Waals surface area contributed by atoms with Gasteiger partial charge in [-0.3, -0.25) is 0 Å². The molecular formula is C15H12F2N2O2. The summed E-state index contributed by atoms with van der Waals surface area (Å²) >= 11 is 0. The molecule has 0 spiro atoms. The highest BCUT2D eigenvalue weighted by Gasteiger charge is 2.44. The summed E-state index contributed by atoms with van der Waals surface area (Å²) in [6, 6.07) is 3.24. The molecule has 2 bridgehead atoms. The van der Waals surface area contributed by atoms with Gasteiger partial charge in [0.25, 0.3) is 0 Å². The Balaban J connectivity index is 1.97. The predicted octanol–water partition coefficient (Wildman–Crippen LogP) is 3.21. The van der Waals surface area contributed by atoms with Crippen molar-refractivity contribution in [3.8, 4) is 5.69 Å². The third kappa shape index (κ3) is 1.65. The normalized spacial score (nSPS) is 22.6. The third-order valence-corrected chi connectivity index (χ3v) is 4.53. The van der Waals surface area contributed by atoms with Crippen LogP contribution in [-0.4, -0.2) is 20.9 Å². The van der Waals surface area contributed by atoms with Crippen molar-refractivity contribution in [2.24, 2.45) is 0 Å². The highest BCUT2D eigenvalue weighted by molar-refractivity contribution is 5.88. The van der Waals surface area contributed by atoms with Crippen molar-refractivity contribution in [1.29, 1.82) is 0 Å². The van der Waals surface area contributed by atoms with Crippen LogP contribution in [0.15, 0.2) is 18.2 Å². The van der Waals surface area contributed by atoms with Crippen molar-refractivity contribution in [3.63, 3.8) is 0 Å². The summed E-state index contributed by atoms with van der Waals surface area (Å²) in [4.78, 5) is 11.4. The number of nitrogens with zero attached hydrogens (tertiary/aromatic N) is 2. The van der Waals surface area contributed by atoms with Crippen LogP contribution in [0.25, 0.3) is 5.69 Å². The van der Waals surface area contributed by atoms with Gasteiger partial charge in [0, 0.05) is 17.5 Å². The molecule has 1 aromatic carbocycles. The summed E-state index contributed by atoms with van der Waals surface area (Å²) in [7, 11) is 0. The standard InChI is InChI=1S/C15H12F2N2O2/c16-9-3-4-11(10(17)6-9)19-14-8-2-1-7(5-8)12(14)13(18-19)15(20)21/h3-4,6-8H,1-2,5H2,(H,20,21). The predicted molar refractivity (Wildman–Crippen MR) is 69.8 cm³/mol. The van der Waals surface area contributed by atoms with E-state index in [9.17, 15) is 18.7 Å². The van der Waals surface area contributed by atoms with Crippen LogP contribution in [0.2, 0.25) is 0 Å². The number of aromatic nitrogens is 2. The Labute approximate surface area is 119 Å². The minimum absolute atomic E-state index is 0.000856. The molecule has 1 aromatic heterocycles. The molecule has 108 valence electrons. The first-order valence-electron chi connectivity index (χ1n) is 6.87. The number of fused-ring (bicyclic) bond motifs is 5. The van der Waals surface area contributed by atoms with Gasteiger partial charge in [0.2, 0.25) is 0 Å². The van der Waals surface area contributed by atoms with Gasteiger partial charge in [0.15, 0.2) is 11.5 Å². The molecule has 4 nitrogen and oxygen atoms in total. The zero-order chi connectivity index (χ0) is 14.7. The zero-order valence-corrected chi connectivity index (χ0v) is 11.0. The maximum atomic E-state index is 14.0. The second kappa shape index (κ2) is 4.13. The van der Waals surface area contributed by atoms with E-state index < -0.39 is 17.6 Å². The minimum Gasteiger partial charge on any atom is -0.476 e. The van der Waals surface area contributed by atoms with Gasteiger partial charge in [-0.05, 0) is 37.3 Å². The monoisotopic (exact) mass is 290 g/mol. The molecule has 2 aliphatic carbocycles. The molecule has 0 radical (unpaired) electrons. The average molecular weight is 290 g/mol. The van der Waals surface area contributed by atoms with Gasteiger partial charge < -0.3 is 5.11 Å². The van der Waals surface area contributed by atoms with E-state index in [2.05, 4.69) is 5.10 Å². The van der Waals surface area contributed by atoms with Gasteiger partial charge >= 0.3 is 5.97 Å². The highest BCUT2D eigenvalue weighted by atomic mass is 19.1. The molecule has 0 aliphatic heterocycles. The van der Waals surface area contributed by atoms with Crippen LogP contribution < -0.4 is 0 Å². The lowest BCUT2D eigenvalue weighted by molar-refractivity contribution is 0.0688. The van der Waals surface area contributed by atoms with Crippen LogP contribution in [-0.2, 0) is 0 Å². The third-order valence-electron chi connectivity index (χ3n) is 4.53. The van der Waals surface area contributed by atoms with E-state index in [4.69, 9.17) is 0 Å².